The molecule has 0 aliphatic carbocycles. The largest absolute Gasteiger partial charge is 0.497 e. The molecule has 3 amide bonds. The highest BCUT2D eigenvalue weighted by Crippen LogP contribution is 2.33. The Hall–Kier alpha value is -4.59. The van der Waals surface area contributed by atoms with Crippen LogP contribution in [0.15, 0.2) is 72.8 Å². The standard InChI is InChI=1S/C31H35N5O3/c1-20(2)35(31(38)32-25-13-12-21(3)22(4)18-25)19-28(37)33-30-29(24-10-8-7-9-11-24)23(5)34-36(30)26-14-16-27(39-6)17-15-26/h7-18,20H,19H2,1-6H3,(H,32,38)(H,33,37). The molecule has 0 saturated heterocycles. The number of hydrogen-bond donors (Lipinski definition) is 2. The lowest BCUT2D eigenvalue weighted by molar-refractivity contribution is -0.117. The highest BCUT2D eigenvalue weighted by molar-refractivity contribution is 5.99. The highest BCUT2D eigenvalue weighted by atomic mass is 16.5. The third-order valence-electron chi connectivity index (χ3n) is 6.65. The summed E-state index contributed by atoms with van der Waals surface area (Å²) in [5.41, 5.74) is 6.19. The summed E-state index contributed by atoms with van der Waals surface area (Å²) < 4.78 is 7.01. The third-order valence-corrected chi connectivity index (χ3v) is 6.65. The van der Waals surface area contributed by atoms with Crippen molar-refractivity contribution < 1.29 is 14.3 Å². The molecular weight excluding hydrogens is 490 g/mol. The van der Waals surface area contributed by atoms with Crippen molar-refractivity contribution in [2.45, 2.75) is 40.7 Å². The Labute approximate surface area is 229 Å². The zero-order chi connectivity index (χ0) is 28.1. The first-order valence-electron chi connectivity index (χ1n) is 12.9. The van der Waals surface area contributed by atoms with Crippen LogP contribution in [0.3, 0.4) is 0 Å². The summed E-state index contributed by atoms with van der Waals surface area (Å²) in [6.45, 7) is 9.57. The molecule has 3 aromatic carbocycles. The monoisotopic (exact) mass is 525 g/mol. The van der Waals surface area contributed by atoms with Crippen molar-refractivity contribution in [2.75, 3.05) is 24.3 Å². The molecule has 1 heterocycles. The number of anilines is 2. The summed E-state index contributed by atoms with van der Waals surface area (Å²) in [7, 11) is 1.61. The second kappa shape index (κ2) is 11.9. The molecular formula is C31H35N5O3. The van der Waals surface area contributed by atoms with E-state index in [1.165, 1.54) is 4.90 Å². The fraction of sp³-hybridized carbons (Fsp3) is 0.258. The molecule has 202 valence electrons. The van der Waals surface area contributed by atoms with E-state index in [2.05, 4.69) is 10.6 Å². The van der Waals surface area contributed by atoms with Crippen molar-refractivity contribution in [2.24, 2.45) is 0 Å². The lowest BCUT2D eigenvalue weighted by Gasteiger charge is -2.26. The maximum Gasteiger partial charge on any atom is 0.322 e. The van der Waals surface area contributed by atoms with Crippen molar-refractivity contribution >= 4 is 23.4 Å². The van der Waals surface area contributed by atoms with Crippen LogP contribution in [0.4, 0.5) is 16.3 Å². The van der Waals surface area contributed by atoms with Gasteiger partial charge in [0.2, 0.25) is 5.91 Å². The van der Waals surface area contributed by atoms with Crippen LogP contribution < -0.4 is 15.4 Å². The van der Waals surface area contributed by atoms with E-state index >= 15 is 0 Å². The van der Waals surface area contributed by atoms with Crippen LogP contribution in [0.1, 0.15) is 30.7 Å². The number of nitrogens with one attached hydrogen (secondary N) is 2. The first-order valence-corrected chi connectivity index (χ1v) is 12.9. The van der Waals surface area contributed by atoms with Crippen LogP contribution in [0.2, 0.25) is 0 Å². The molecule has 8 nitrogen and oxygen atoms in total. The molecule has 4 aromatic rings. The van der Waals surface area contributed by atoms with Crippen LogP contribution in [0, 0.1) is 20.8 Å². The smallest absolute Gasteiger partial charge is 0.322 e. The van der Waals surface area contributed by atoms with E-state index in [9.17, 15) is 9.59 Å². The van der Waals surface area contributed by atoms with Crippen molar-refractivity contribution in [3.05, 3.63) is 89.6 Å². The van der Waals surface area contributed by atoms with Gasteiger partial charge in [0.05, 0.1) is 18.5 Å². The Bertz CT molecular complexity index is 1460. The highest BCUT2D eigenvalue weighted by Gasteiger charge is 2.24. The van der Waals surface area contributed by atoms with Gasteiger partial charge in [0.25, 0.3) is 0 Å². The van der Waals surface area contributed by atoms with Gasteiger partial charge in [-0.1, -0.05) is 36.4 Å². The first kappa shape index (κ1) is 27.4. The summed E-state index contributed by atoms with van der Waals surface area (Å²) in [6, 6.07) is 22.5. The topological polar surface area (TPSA) is 88.5 Å². The summed E-state index contributed by atoms with van der Waals surface area (Å²) in [5, 5.41) is 10.7. The lowest BCUT2D eigenvalue weighted by atomic mass is 10.1. The van der Waals surface area contributed by atoms with Gasteiger partial charge >= 0.3 is 6.03 Å². The molecule has 0 radical (unpaired) electrons. The Balaban J connectivity index is 1.63. The minimum Gasteiger partial charge on any atom is -0.497 e. The minimum absolute atomic E-state index is 0.130. The van der Waals surface area contributed by atoms with Crippen molar-refractivity contribution in [1.29, 1.82) is 0 Å². The van der Waals surface area contributed by atoms with E-state index in [0.29, 0.717) is 11.5 Å². The molecule has 8 heteroatoms. The molecule has 0 atom stereocenters. The average molecular weight is 526 g/mol. The molecule has 0 bridgehead atoms. The molecule has 0 spiro atoms. The van der Waals surface area contributed by atoms with Crippen LogP contribution in [0.5, 0.6) is 5.75 Å². The number of urea groups is 1. The summed E-state index contributed by atoms with van der Waals surface area (Å²) in [4.78, 5) is 28.2. The predicted molar refractivity (Wildman–Crippen MR) is 156 cm³/mol. The predicted octanol–water partition coefficient (Wildman–Crippen LogP) is 6.35. The van der Waals surface area contributed by atoms with E-state index in [1.54, 1.807) is 11.8 Å². The van der Waals surface area contributed by atoms with E-state index in [-0.39, 0.29) is 24.5 Å². The van der Waals surface area contributed by atoms with Gasteiger partial charge in [0.15, 0.2) is 0 Å². The Morgan fingerprint density at radius 3 is 2.23 bits per heavy atom. The van der Waals surface area contributed by atoms with Gasteiger partial charge in [-0.05, 0) is 87.7 Å². The fourth-order valence-corrected chi connectivity index (χ4v) is 4.33. The number of nitrogens with zero attached hydrogens (tertiary/aromatic N) is 3. The van der Waals surface area contributed by atoms with Gasteiger partial charge in [-0.2, -0.15) is 5.10 Å². The van der Waals surface area contributed by atoms with Crippen molar-refractivity contribution in [3.63, 3.8) is 0 Å². The molecule has 0 unspecified atom stereocenters. The van der Waals surface area contributed by atoms with E-state index in [0.717, 1.165) is 39.4 Å². The maximum absolute atomic E-state index is 13.5. The molecule has 0 aliphatic heterocycles. The normalized spacial score (nSPS) is 10.8. The number of ether oxygens (including phenoxy) is 1. The number of aromatic nitrogens is 2. The Morgan fingerprint density at radius 1 is 0.923 bits per heavy atom. The SMILES string of the molecule is COc1ccc(-n2nc(C)c(-c3ccccc3)c2NC(=O)CN(C(=O)Nc2ccc(C)c(C)c2)C(C)C)cc1. The number of carbonyl (C=O) groups excluding carboxylic acids is 2. The minimum atomic E-state index is -0.341. The van der Waals surface area contributed by atoms with Crippen LogP contribution in [-0.2, 0) is 4.79 Å². The number of rotatable bonds is 8. The number of amides is 3. The quantitative estimate of drug-likeness (QED) is 0.280. The van der Waals surface area contributed by atoms with Gasteiger partial charge in [0, 0.05) is 17.3 Å². The van der Waals surface area contributed by atoms with E-state index in [4.69, 9.17) is 9.84 Å². The zero-order valence-corrected chi connectivity index (χ0v) is 23.3. The van der Waals surface area contributed by atoms with Gasteiger partial charge in [-0.3, -0.25) is 4.79 Å². The van der Waals surface area contributed by atoms with Gasteiger partial charge in [-0.15, -0.1) is 0 Å². The molecule has 4 rings (SSSR count). The second-order valence-electron chi connectivity index (χ2n) is 9.78. The molecule has 1 aromatic heterocycles. The third kappa shape index (κ3) is 6.29. The molecule has 0 fully saturated rings. The maximum atomic E-state index is 13.5. The van der Waals surface area contributed by atoms with Crippen molar-refractivity contribution in [1.82, 2.24) is 14.7 Å². The summed E-state index contributed by atoms with van der Waals surface area (Å²) in [6.07, 6.45) is 0. The van der Waals surface area contributed by atoms with E-state index in [1.807, 2.05) is 107 Å². The van der Waals surface area contributed by atoms with Gasteiger partial charge in [0.1, 0.15) is 18.1 Å². The molecule has 2 N–H and O–H groups in total. The number of carbonyl (C=O) groups is 2. The van der Waals surface area contributed by atoms with Gasteiger partial charge in [-0.25, -0.2) is 9.48 Å². The fourth-order valence-electron chi connectivity index (χ4n) is 4.33. The summed E-state index contributed by atoms with van der Waals surface area (Å²) in [5.74, 6) is 0.928. The van der Waals surface area contributed by atoms with Crippen molar-refractivity contribution in [3.8, 4) is 22.6 Å². The zero-order valence-electron chi connectivity index (χ0n) is 23.3. The van der Waals surface area contributed by atoms with Crippen LogP contribution in [0.25, 0.3) is 16.8 Å². The number of methoxy groups -OCH3 is 1. The summed E-state index contributed by atoms with van der Waals surface area (Å²) >= 11 is 0. The Kier molecular flexibility index (Phi) is 8.34. The molecule has 0 aliphatic rings. The molecule has 39 heavy (non-hydrogen) atoms. The average Bonchev–Trinajstić information content (AvgIpc) is 3.24. The number of hydrogen-bond acceptors (Lipinski definition) is 4. The van der Waals surface area contributed by atoms with E-state index < -0.39 is 0 Å². The van der Waals surface area contributed by atoms with Crippen LogP contribution in [-0.4, -0.2) is 46.3 Å². The Morgan fingerprint density at radius 2 is 1.62 bits per heavy atom. The number of aryl methyl sites for hydroxylation is 3. The lowest BCUT2D eigenvalue weighted by Crippen LogP contribution is -2.44. The van der Waals surface area contributed by atoms with Gasteiger partial charge < -0.3 is 20.3 Å². The first-order chi connectivity index (χ1) is 18.7. The number of benzene rings is 3. The molecule has 0 saturated carbocycles. The second-order valence-corrected chi connectivity index (χ2v) is 9.78. The van der Waals surface area contributed by atoms with Crippen LogP contribution >= 0.6 is 0 Å².